The molecule has 4 nitrogen and oxygen atoms in total. The third-order valence-electron chi connectivity index (χ3n) is 3.85. The minimum atomic E-state index is -0.130. The highest BCUT2D eigenvalue weighted by molar-refractivity contribution is 5.81. The quantitative estimate of drug-likeness (QED) is 0.847. The molecule has 1 amide bonds. The van der Waals surface area contributed by atoms with E-state index in [1.165, 1.54) is 11.3 Å². The predicted octanol–water partition coefficient (Wildman–Crippen LogP) is 1.63. The highest BCUT2D eigenvalue weighted by Crippen LogP contribution is 2.24. The zero-order chi connectivity index (χ0) is 14.5. The summed E-state index contributed by atoms with van der Waals surface area (Å²) in [6, 6.07) is 8.26. The van der Waals surface area contributed by atoms with Crippen molar-refractivity contribution in [2.45, 2.75) is 19.5 Å². The Hall–Kier alpha value is -1.81. The number of nitrogens with zero attached hydrogens (tertiary/aromatic N) is 2. The number of anilines is 1. The van der Waals surface area contributed by atoms with Crippen molar-refractivity contribution in [2.75, 3.05) is 31.6 Å². The van der Waals surface area contributed by atoms with E-state index in [2.05, 4.69) is 53.0 Å². The SMILES string of the molecule is C=CCNC(=O)C(C)N1CCN(C)c2ccccc2C1. The number of hydrogen-bond donors (Lipinski definition) is 1. The number of amides is 1. The van der Waals surface area contributed by atoms with Gasteiger partial charge in [0.2, 0.25) is 5.91 Å². The highest BCUT2D eigenvalue weighted by atomic mass is 16.2. The molecule has 4 heteroatoms. The van der Waals surface area contributed by atoms with Crippen LogP contribution in [-0.4, -0.2) is 43.5 Å². The molecule has 1 atom stereocenters. The Labute approximate surface area is 121 Å². The molecule has 20 heavy (non-hydrogen) atoms. The standard InChI is InChI=1S/C16H23N3O/c1-4-9-17-16(20)13(2)19-11-10-18(3)15-8-6-5-7-14(15)12-19/h4-8,13H,1,9-12H2,2-3H3,(H,17,20). The lowest BCUT2D eigenvalue weighted by Crippen LogP contribution is -2.46. The molecule has 0 aromatic heterocycles. The molecule has 0 aliphatic carbocycles. The van der Waals surface area contributed by atoms with Gasteiger partial charge < -0.3 is 10.2 Å². The van der Waals surface area contributed by atoms with Crippen LogP contribution in [0.15, 0.2) is 36.9 Å². The van der Waals surface area contributed by atoms with Crippen molar-refractivity contribution in [1.82, 2.24) is 10.2 Å². The van der Waals surface area contributed by atoms with E-state index in [-0.39, 0.29) is 11.9 Å². The molecule has 0 bridgehead atoms. The molecule has 1 aromatic rings. The molecule has 0 saturated carbocycles. The van der Waals surface area contributed by atoms with E-state index in [0.717, 1.165) is 19.6 Å². The smallest absolute Gasteiger partial charge is 0.237 e. The molecule has 0 saturated heterocycles. The molecule has 1 heterocycles. The van der Waals surface area contributed by atoms with Gasteiger partial charge in [0.1, 0.15) is 0 Å². The van der Waals surface area contributed by atoms with Gasteiger partial charge in [-0.05, 0) is 18.6 Å². The van der Waals surface area contributed by atoms with Gasteiger partial charge in [0.15, 0.2) is 0 Å². The first-order chi connectivity index (χ1) is 9.63. The first-order valence-corrected chi connectivity index (χ1v) is 7.05. The molecule has 1 aromatic carbocycles. The average Bonchev–Trinajstić information content (AvgIpc) is 2.64. The third kappa shape index (κ3) is 3.20. The second-order valence-corrected chi connectivity index (χ2v) is 5.23. The maximum absolute atomic E-state index is 12.1. The van der Waals surface area contributed by atoms with Crippen LogP contribution in [0.5, 0.6) is 0 Å². The van der Waals surface area contributed by atoms with E-state index < -0.39 is 0 Å². The van der Waals surface area contributed by atoms with Crippen molar-refractivity contribution < 1.29 is 4.79 Å². The molecule has 0 radical (unpaired) electrons. The van der Waals surface area contributed by atoms with E-state index in [1.54, 1.807) is 6.08 Å². The number of carbonyl (C=O) groups excluding carboxylic acids is 1. The zero-order valence-electron chi connectivity index (χ0n) is 12.3. The fourth-order valence-electron chi connectivity index (χ4n) is 2.53. The number of likely N-dealkylation sites (N-methyl/N-ethyl adjacent to an activating group) is 1. The van der Waals surface area contributed by atoms with Crippen molar-refractivity contribution in [2.24, 2.45) is 0 Å². The summed E-state index contributed by atoms with van der Waals surface area (Å²) in [5.74, 6) is 0.0620. The van der Waals surface area contributed by atoms with Crippen molar-refractivity contribution in [3.63, 3.8) is 0 Å². The average molecular weight is 273 g/mol. The van der Waals surface area contributed by atoms with Crippen molar-refractivity contribution in [3.05, 3.63) is 42.5 Å². The van der Waals surface area contributed by atoms with Crippen LogP contribution in [0.3, 0.4) is 0 Å². The fraction of sp³-hybridized carbons (Fsp3) is 0.438. The predicted molar refractivity (Wildman–Crippen MR) is 82.8 cm³/mol. The summed E-state index contributed by atoms with van der Waals surface area (Å²) >= 11 is 0. The zero-order valence-corrected chi connectivity index (χ0v) is 12.3. The summed E-state index contributed by atoms with van der Waals surface area (Å²) in [6.45, 7) is 8.73. The van der Waals surface area contributed by atoms with E-state index >= 15 is 0 Å². The van der Waals surface area contributed by atoms with Gasteiger partial charge in [-0.3, -0.25) is 9.69 Å². The van der Waals surface area contributed by atoms with Crippen LogP contribution < -0.4 is 10.2 Å². The maximum atomic E-state index is 12.1. The van der Waals surface area contributed by atoms with Gasteiger partial charge in [-0.25, -0.2) is 0 Å². The Kier molecular flexibility index (Phi) is 4.79. The third-order valence-corrected chi connectivity index (χ3v) is 3.85. The molecule has 0 fully saturated rings. The minimum Gasteiger partial charge on any atom is -0.373 e. The maximum Gasteiger partial charge on any atom is 0.237 e. The number of fused-ring (bicyclic) bond motifs is 1. The van der Waals surface area contributed by atoms with Gasteiger partial charge in [0.25, 0.3) is 0 Å². The summed E-state index contributed by atoms with van der Waals surface area (Å²) in [5, 5.41) is 2.87. The van der Waals surface area contributed by atoms with Gasteiger partial charge in [0.05, 0.1) is 6.04 Å². The lowest BCUT2D eigenvalue weighted by molar-refractivity contribution is -0.125. The van der Waals surface area contributed by atoms with E-state index in [1.807, 2.05) is 6.92 Å². The van der Waals surface area contributed by atoms with Crippen LogP contribution >= 0.6 is 0 Å². The van der Waals surface area contributed by atoms with Crippen molar-refractivity contribution in [1.29, 1.82) is 0 Å². The van der Waals surface area contributed by atoms with Crippen LogP contribution in [0.4, 0.5) is 5.69 Å². The second kappa shape index (κ2) is 6.57. The van der Waals surface area contributed by atoms with E-state index in [4.69, 9.17) is 0 Å². The van der Waals surface area contributed by atoms with E-state index in [9.17, 15) is 4.79 Å². The van der Waals surface area contributed by atoms with Crippen molar-refractivity contribution in [3.8, 4) is 0 Å². The summed E-state index contributed by atoms with van der Waals surface area (Å²) in [6.07, 6.45) is 1.70. The summed E-state index contributed by atoms with van der Waals surface area (Å²) in [7, 11) is 2.10. The Morgan fingerprint density at radius 2 is 2.20 bits per heavy atom. The number of carbonyl (C=O) groups is 1. The van der Waals surface area contributed by atoms with Crippen LogP contribution in [0.2, 0.25) is 0 Å². The number of hydrogen-bond acceptors (Lipinski definition) is 3. The number of benzene rings is 1. The lowest BCUT2D eigenvalue weighted by Gasteiger charge is -2.26. The molecule has 1 N–H and O–H groups in total. The molecule has 2 rings (SSSR count). The molecular weight excluding hydrogens is 250 g/mol. The Balaban J connectivity index is 2.11. The minimum absolute atomic E-state index is 0.0620. The summed E-state index contributed by atoms with van der Waals surface area (Å²) < 4.78 is 0. The number of nitrogens with one attached hydrogen (secondary N) is 1. The molecule has 1 aliphatic heterocycles. The molecule has 108 valence electrons. The van der Waals surface area contributed by atoms with Crippen LogP contribution in [0.25, 0.3) is 0 Å². The van der Waals surface area contributed by atoms with Gasteiger partial charge in [-0.2, -0.15) is 0 Å². The number of rotatable bonds is 4. The second-order valence-electron chi connectivity index (χ2n) is 5.23. The Morgan fingerprint density at radius 1 is 1.45 bits per heavy atom. The van der Waals surface area contributed by atoms with Crippen LogP contribution in [0, 0.1) is 0 Å². The number of para-hydroxylation sites is 1. The lowest BCUT2D eigenvalue weighted by atomic mass is 10.1. The van der Waals surface area contributed by atoms with Gasteiger partial charge in [0, 0.05) is 38.9 Å². The van der Waals surface area contributed by atoms with Gasteiger partial charge in [-0.1, -0.05) is 24.3 Å². The van der Waals surface area contributed by atoms with E-state index in [0.29, 0.717) is 6.54 Å². The fourth-order valence-corrected chi connectivity index (χ4v) is 2.53. The molecule has 0 spiro atoms. The van der Waals surface area contributed by atoms with Gasteiger partial charge in [-0.15, -0.1) is 6.58 Å². The summed E-state index contributed by atoms with van der Waals surface area (Å²) in [5.41, 5.74) is 2.53. The highest BCUT2D eigenvalue weighted by Gasteiger charge is 2.24. The molecular formula is C16H23N3O. The Morgan fingerprint density at radius 3 is 2.95 bits per heavy atom. The molecule has 1 unspecified atom stereocenters. The van der Waals surface area contributed by atoms with Crippen LogP contribution in [-0.2, 0) is 11.3 Å². The molecule has 1 aliphatic rings. The monoisotopic (exact) mass is 273 g/mol. The normalized spacial score (nSPS) is 17.0. The van der Waals surface area contributed by atoms with Gasteiger partial charge >= 0.3 is 0 Å². The topological polar surface area (TPSA) is 35.6 Å². The van der Waals surface area contributed by atoms with Crippen molar-refractivity contribution >= 4 is 11.6 Å². The largest absolute Gasteiger partial charge is 0.373 e. The van der Waals surface area contributed by atoms with Crippen LogP contribution in [0.1, 0.15) is 12.5 Å². The summed E-state index contributed by atoms with van der Waals surface area (Å²) in [4.78, 5) is 16.6. The Bertz CT molecular complexity index is 486. The first kappa shape index (κ1) is 14.6. The first-order valence-electron chi connectivity index (χ1n) is 7.05.